The van der Waals surface area contributed by atoms with Crippen molar-refractivity contribution in [1.82, 2.24) is 10.3 Å². The van der Waals surface area contributed by atoms with E-state index in [0.29, 0.717) is 21.4 Å². The molecular weight excluding hydrogens is 543 g/mol. The van der Waals surface area contributed by atoms with E-state index < -0.39 is 29.8 Å². The maximum atomic E-state index is 13.1. The lowest BCUT2D eigenvalue weighted by Gasteiger charge is -2.18. The van der Waals surface area contributed by atoms with E-state index in [2.05, 4.69) is 10.3 Å². The Labute approximate surface area is 236 Å². The van der Waals surface area contributed by atoms with Crippen LogP contribution < -0.4 is 14.8 Å². The van der Waals surface area contributed by atoms with Gasteiger partial charge in [0.15, 0.2) is 11.4 Å². The minimum atomic E-state index is -1.08. The summed E-state index contributed by atoms with van der Waals surface area (Å²) in [5.41, 5.74) is 1.97. The van der Waals surface area contributed by atoms with Crippen LogP contribution in [-0.2, 0) is 14.3 Å². The molecule has 0 bridgehead atoms. The number of hydrogen-bond acceptors (Lipinski definition) is 7. The van der Waals surface area contributed by atoms with Crippen LogP contribution in [-0.4, -0.2) is 36.0 Å². The Morgan fingerprint density at radius 2 is 1.38 bits per heavy atom. The standard InChI is InChI=1S/C29H28Cl2N2O6/c1-16(2)28(35)39-26-23(37-5)14-15-32-25(26)27(34)33-17(3)29(36)38-18(4)24(19-6-10-21(30)11-7-19)20-8-12-22(31)13-9-20/h6-17H,1-5H3,(H,33,34)/t17-/m0/s1. The summed E-state index contributed by atoms with van der Waals surface area (Å²) in [6, 6.07) is 14.5. The lowest BCUT2D eigenvalue weighted by molar-refractivity contribution is -0.141. The fourth-order valence-corrected chi connectivity index (χ4v) is 3.74. The Bertz CT molecular complexity index is 1340. The van der Waals surface area contributed by atoms with Gasteiger partial charge in [-0.1, -0.05) is 61.3 Å². The summed E-state index contributed by atoms with van der Waals surface area (Å²) in [6.07, 6.45) is 1.33. The summed E-state index contributed by atoms with van der Waals surface area (Å²) in [4.78, 5) is 42.3. The zero-order chi connectivity index (χ0) is 28.7. The zero-order valence-corrected chi connectivity index (χ0v) is 23.6. The van der Waals surface area contributed by atoms with Crippen molar-refractivity contribution in [2.24, 2.45) is 5.92 Å². The molecule has 1 heterocycles. The highest BCUT2D eigenvalue weighted by atomic mass is 35.5. The summed E-state index contributed by atoms with van der Waals surface area (Å²) in [6.45, 7) is 6.43. The van der Waals surface area contributed by atoms with Crippen molar-refractivity contribution in [3.63, 3.8) is 0 Å². The Morgan fingerprint density at radius 3 is 1.87 bits per heavy atom. The van der Waals surface area contributed by atoms with Crippen molar-refractivity contribution in [3.05, 3.63) is 93.4 Å². The van der Waals surface area contributed by atoms with E-state index in [9.17, 15) is 14.4 Å². The molecule has 1 aromatic heterocycles. The number of hydrogen-bond donors (Lipinski definition) is 1. The smallest absolute Gasteiger partial charge is 0.333 e. The van der Waals surface area contributed by atoms with E-state index in [1.807, 2.05) is 24.3 Å². The molecule has 3 aromatic rings. The van der Waals surface area contributed by atoms with Crippen LogP contribution >= 0.6 is 23.2 Å². The molecule has 0 radical (unpaired) electrons. The van der Waals surface area contributed by atoms with Crippen molar-refractivity contribution in [2.75, 3.05) is 7.11 Å². The van der Waals surface area contributed by atoms with Crippen LogP contribution in [0, 0.1) is 5.92 Å². The van der Waals surface area contributed by atoms with Crippen molar-refractivity contribution < 1.29 is 28.6 Å². The van der Waals surface area contributed by atoms with Gasteiger partial charge in [0.1, 0.15) is 11.8 Å². The summed E-state index contributed by atoms with van der Waals surface area (Å²) in [5.74, 6) is -2.18. The number of nitrogens with zero attached hydrogens (tertiary/aromatic N) is 1. The van der Waals surface area contributed by atoms with Gasteiger partial charge in [0.25, 0.3) is 5.91 Å². The predicted molar refractivity (Wildman–Crippen MR) is 149 cm³/mol. The molecule has 1 amide bonds. The average Bonchev–Trinajstić information content (AvgIpc) is 2.90. The number of nitrogens with one attached hydrogen (secondary N) is 1. The lowest BCUT2D eigenvalue weighted by atomic mass is 9.97. The molecular formula is C29H28Cl2N2O6. The van der Waals surface area contributed by atoms with Crippen molar-refractivity contribution in [1.29, 1.82) is 0 Å². The van der Waals surface area contributed by atoms with Crippen LogP contribution in [0.15, 0.2) is 66.6 Å². The minimum Gasteiger partial charge on any atom is -0.493 e. The first-order chi connectivity index (χ1) is 18.5. The highest BCUT2D eigenvalue weighted by molar-refractivity contribution is 6.31. The largest absolute Gasteiger partial charge is 0.493 e. The summed E-state index contributed by atoms with van der Waals surface area (Å²) < 4.78 is 16.3. The van der Waals surface area contributed by atoms with E-state index in [-0.39, 0.29) is 17.2 Å². The zero-order valence-electron chi connectivity index (χ0n) is 22.1. The van der Waals surface area contributed by atoms with Crippen LogP contribution in [0.3, 0.4) is 0 Å². The fraction of sp³-hybridized carbons (Fsp3) is 0.241. The van der Waals surface area contributed by atoms with Gasteiger partial charge in [-0.3, -0.25) is 9.59 Å². The number of allylic oxidation sites excluding steroid dienone is 1. The monoisotopic (exact) mass is 570 g/mol. The molecule has 0 aliphatic carbocycles. The summed E-state index contributed by atoms with van der Waals surface area (Å²) in [5, 5.41) is 3.67. The molecule has 1 atom stereocenters. The average molecular weight is 571 g/mol. The van der Waals surface area contributed by atoms with Crippen LogP contribution in [0.5, 0.6) is 11.5 Å². The molecule has 0 saturated carbocycles. The second kappa shape index (κ2) is 13.3. The molecule has 8 nitrogen and oxygen atoms in total. The first-order valence-corrected chi connectivity index (χ1v) is 12.8. The molecule has 1 N–H and O–H groups in total. The molecule has 204 valence electrons. The summed E-state index contributed by atoms with van der Waals surface area (Å²) >= 11 is 12.1. The molecule has 3 rings (SSSR count). The number of carbonyl (C=O) groups excluding carboxylic acids is 3. The van der Waals surface area contributed by atoms with Crippen molar-refractivity contribution in [3.8, 4) is 11.5 Å². The highest BCUT2D eigenvalue weighted by Crippen LogP contribution is 2.31. The van der Waals surface area contributed by atoms with Gasteiger partial charge < -0.3 is 19.5 Å². The van der Waals surface area contributed by atoms with Crippen LogP contribution in [0.25, 0.3) is 5.57 Å². The van der Waals surface area contributed by atoms with E-state index in [1.54, 1.807) is 45.0 Å². The number of ether oxygens (including phenoxy) is 3. The Morgan fingerprint density at radius 1 is 0.846 bits per heavy atom. The second-order valence-electron chi connectivity index (χ2n) is 8.83. The van der Waals surface area contributed by atoms with E-state index in [0.717, 1.165) is 11.1 Å². The molecule has 0 aliphatic heterocycles. The molecule has 0 unspecified atom stereocenters. The Balaban J connectivity index is 1.86. The third-order valence-electron chi connectivity index (χ3n) is 5.55. The van der Waals surface area contributed by atoms with E-state index >= 15 is 0 Å². The van der Waals surface area contributed by atoms with Crippen LogP contribution in [0.2, 0.25) is 10.0 Å². The van der Waals surface area contributed by atoms with E-state index in [1.165, 1.54) is 26.3 Å². The number of pyridine rings is 1. The maximum Gasteiger partial charge on any atom is 0.333 e. The minimum absolute atomic E-state index is 0.138. The van der Waals surface area contributed by atoms with Gasteiger partial charge in [0, 0.05) is 27.9 Å². The molecule has 0 fully saturated rings. The topological polar surface area (TPSA) is 104 Å². The van der Waals surface area contributed by atoms with Gasteiger partial charge in [-0.15, -0.1) is 0 Å². The van der Waals surface area contributed by atoms with Gasteiger partial charge in [-0.2, -0.15) is 0 Å². The number of esters is 2. The first-order valence-electron chi connectivity index (χ1n) is 12.0. The van der Waals surface area contributed by atoms with Gasteiger partial charge in [0.2, 0.25) is 5.75 Å². The third-order valence-corrected chi connectivity index (χ3v) is 6.05. The number of aromatic nitrogens is 1. The quantitative estimate of drug-likeness (QED) is 0.245. The molecule has 10 heteroatoms. The highest BCUT2D eigenvalue weighted by Gasteiger charge is 2.26. The number of benzene rings is 2. The Hall–Kier alpha value is -3.88. The first kappa shape index (κ1) is 29.7. The number of halogens is 2. The van der Waals surface area contributed by atoms with Gasteiger partial charge in [-0.05, 0) is 49.2 Å². The number of methoxy groups -OCH3 is 1. The summed E-state index contributed by atoms with van der Waals surface area (Å²) in [7, 11) is 1.37. The van der Waals surface area contributed by atoms with Crippen molar-refractivity contribution in [2.45, 2.75) is 33.7 Å². The number of rotatable bonds is 9. The maximum absolute atomic E-state index is 13.1. The van der Waals surface area contributed by atoms with Gasteiger partial charge in [0.05, 0.1) is 13.0 Å². The fourth-order valence-electron chi connectivity index (χ4n) is 3.49. The van der Waals surface area contributed by atoms with Gasteiger partial charge in [-0.25, -0.2) is 9.78 Å². The van der Waals surface area contributed by atoms with Crippen molar-refractivity contribution >= 4 is 46.6 Å². The second-order valence-corrected chi connectivity index (χ2v) is 9.70. The molecule has 2 aromatic carbocycles. The SMILES string of the molecule is COc1ccnc(C(=O)N[C@@H](C)C(=O)OC(C)=C(c2ccc(Cl)cc2)c2ccc(Cl)cc2)c1OC(=O)C(C)C. The molecule has 0 spiro atoms. The van der Waals surface area contributed by atoms with E-state index in [4.69, 9.17) is 37.4 Å². The Kier molecular flexibility index (Phi) is 10.1. The van der Waals surface area contributed by atoms with Crippen LogP contribution in [0.4, 0.5) is 0 Å². The molecule has 0 aliphatic rings. The predicted octanol–water partition coefficient (Wildman–Crippen LogP) is 6.10. The van der Waals surface area contributed by atoms with Gasteiger partial charge >= 0.3 is 11.9 Å². The van der Waals surface area contributed by atoms with Crippen LogP contribution in [0.1, 0.15) is 49.3 Å². The number of amides is 1. The molecule has 0 saturated heterocycles. The number of carbonyl (C=O) groups is 3. The normalized spacial score (nSPS) is 11.4. The molecule has 39 heavy (non-hydrogen) atoms. The third kappa shape index (κ3) is 7.59. The lowest BCUT2D eigenvalue weighted by Crippen LogP contribution is -2.40.